The molecular weight excluding hydrogens is 184 g/mol. The highest BCUT2D eigenvalue weighted by atomic mass is 35.5. The Morgan fingerprint density at radius 3 is 2.92 bits per heavy atom. The Hall–Kier alpha value is -0.0500. The summed E-state index contributed by atoms with van der Waals surface area (Å²) in [7, 11) is 0. The number of nitrogens with two attached hydrogens (primary N) is 1. The summed E-state index contributed by atoms with van der Waals surface area (Å²) in [6.07, 6.45) is 4.96. The average Bonchev–Trinajstić information content (AvgIpc) is 2.08. The number of halogens is 1. The van der Waals surface area contributed by atoms with Crippen LogP contribution in [0, 0.1) is 0 Å². The Bertz CT molecular complexity index is 168. The maximum atomic E-state index is 5.81. The van der Waals surface area contributed by atoms with Gasteiger partial charge in [0.25, 0.3) is 0 Å². The summed E-state index contributed by atoms with van der Waals surface area (Å²) in [6, 6.07) is 0.634. The molecule has 1 heterocycles. The summed E-state index contributed by atoms with van der Waals surface area (Å²) in [6.45, 7) is 6.48. The molecule has 0 spiro atoms. The number of nitrogens with zero attached hydrogens (tertiary/aromatic N) is 1. The molecule has 1 aliphatic rings. The number of piperidine rings is 1. The van der Waals surface area contributed by atoms with Crippen LogP contribution in [-0.4, -0.2) is 30.6 Å². The smallest absolute Gasteiger partial charge is 0.0338 e. The third-order valence-electron chi connectivity index (χ3n) is 2.62. The fraction of sp³-hybridized carbons (Fsp3) is 0.800. The van der Waals surface area contributed by atoms with E-state index in [4.69, 9.17) is 17.3 Å². The summed E-state index contributed by atoms with van der Waals surface area (Å²) in [4.78, 5) is 2.41. The summed E-state index contributed by atoms with van der Waals surface area (Å²) >= 11 is 5.81. The van der Waals surface area contributed by atoms with Gasteiger partial charge in [0.15, 0.2) is 0 Å². The van der Waals surface area contributed by atoms with Gasteiger partial charge in [-0.3, -0.25) is 4.90 Å². The maximum Gasteiger partial charge on any atom is 0.0338 e. The first-order valence-electron chi connectivity index (χ1n) is 5.01. The van der Waals surface area contributed by atoms with Crippen molar-refractivity contribution in [3.05, 3.63) is 11.6 Å². The highest BCUT2D eigenvalue weighted by Crippen LogP contribution is 2.20. The molecule has 1 aliphatic heterocycles. The predicted octanol–water partition coefficient (Wildman–Crippen LogP) is 1.94. The van der Waals surface area contributed by atoms with Crippen LogP contribution in [0.25, 0.3) is 0 Å². The van der Waals surface area contributed by atoms with Crippen LogP contribution in [0.3, 0.4) is 0 Å². The fourth-order valence-corrected chi connectivity index (χ4v) is 2.16. The van der Waals surface area contributed by atoms with Crippen molar-refractivity contribution in [2.24, 2.45) is 5.73 Å². The molecule has 0 aromatic heterocycles. The van der Waals surface area contributed by atoms with Gasteiger partial charge in [-0.15, -0.1) is 0 Å². The normalized spacial score (nSPS) is 24.6. The zero-order chi connectivity index (χ0) is 9.68. The predicted molar refractivity (Wildman–Crippen MR) is 57.9 cm³/mol. The van der Waals surface area contributed by atoms with Gasteiger partial charge in [0.2, 0.25) is 0 Å². The first-order valence-corrected chi connectivity index (χ1v) is 5.39. The van der Waals surface area contributed by atoms with E-state index < -0.39 is 0 Å². The molecule has 0 saturated carbocycles. The highest BCUT2D eigenvalue weighted by molar-refractivity contribution is 6.29. The van der Waals surface area contributed by atoms with Crippen molar-refractivity contribution in [2.45, 2.75) is 31.7 Å². The average molecular weight is 203 g/mol. The number of hydrogen-bond acceptors (Lipinski definition) is 2. The molecule has 0 aliphatic carbocycles. The molecule has 13 heavy (non-hydrogen) atoms. The molecule has 1 fully saturated rings. The van der Waals surface area contributed by atoms with Crippen molar-refractivity contribution < 1.29 is 0 Å². The summed E-state index contributed by atoms with van der Waals surface area (Å²) in [5.41, 5.74) is 5.57. The first kappa shape index (κ1) is 11.0. The van der Waals surface area contributed by atoms with E-state index >= 15 is 0 Å². The quantitative estimate of drug-likeness (QED) is 0.755. The van der Waals surface area contributed by atoms with Crippen molar-refractivity contribution in [1.29, 1.82) is 0 Å². The minimum atomic E-state index is 0.634. The molecule has 2 nitrogen and oxygen atoms in total. The second kappa shape index (κ2) is 5.63. The standard InChI is InChI=1S/C10H19ClN2/c1-9(11)8-13-7-3-2-4-10(13)5-6-12/h10H,1-8,12H2. The minimum absolute atomic E-state index is 0.634. The van der Waals surface area contributed by atoms with Crippen LogP contribution in [0.4, 0.5) is 0 Å². The van der Waals surface area contributed by atoms with Crippen LogP contribution >= 0.6 is 11.6 Å². The van der Waals surface area contributed by atoms with E-state index in [2.05, 4.69) is 11.5 Å². The van der Waals surface area contributed by atoms with Gasteiger partial charge < -0.3 is 5.73 Å². The lowest BCUT2D eigenvalue weighted by Gasteiger charge is -2.35. The molecule has 0 amide bonds. The molecule has 1 saturated heterocycles. The monoisotopic (exact) mass is 202 g/mol. The molecule has 1 rings (SSSR count). The molecule has 76 valence electrons. The second-order valence-electron chi connectivity index (χ2n) is 3.71. The van der Waals surface area contributed by atoms with Gasteiger partial charge in [0, 0.05) is 17.6 Å². The molecule has 0 radical (unpaired) electrons. The van der Waals surface area contributed by atoms with E-state index in [1.807, 2.05) is 0 Å². The maximum absolute atomic E-state index is 5.81. The van der Waals surface area contributed by atoms with Gasteiger partial charge in [-0.25, -0.2) is 0 Å². The molecular formula is C10H19ClN2. The Kier molecular flexibility index (Phi) is 4.78. The van der Waals surface area contributed by atoms with Crippen LogP contribution in [0.5, 0.6) is 0 Å². The van der Waals surface area contributed by atoms with Crippen molar-refractivity contribution in [1.82, 2.24) is 4.90 Å². The Labute approximate surface area is 85.7 Å². The highest BCUT2D eigenvalue weighted by Gasteiger charge is 2.21. The summed E-state index contributed by atoms with van der Waals surface area (Å²) in [5.74, 6) is 0. The lowest BCUT2D eigenvalue weighted by Crippen LogP contribution is -2.41. The zero-order valence-electron chi connectivity index (χ0n) is 8.14. The van der Waals surface area contributed by atoms with Crippen molar-refractivity contribution in [3.8, 4) is 0 Å². The van der Waals surface area contributed by atoms with E-state index in [1.54, 1.807) is 0 Å². The van der Waals surface area contributed by atoms with Crippen LogP contribution < -0.4 is 5.73 Å². The lowest BCUT2D eigenvalue weighted by atomic mass is 9.99. The Morgan fingerprint density at radius 1 is 1.54 bits per heavy atom. The van der Waals surface area contributed by atoms with Crippen LogP contribution in [0.15, 0.2) is 11.6 Å². The summed E-state index contributed by atoms with van der Waals surface area (Å²) in [5, 5.41) is 0.740. The second-order valence-corrected chi connectivity index (χ2v) is 4.25. The molecule has 0 aromatic carbocycles. The first-order chi connectivity index (χ1) is 6.24. The van der Waals surface area contributed by atoms with Crippen molar-refractivity contribution >= 4 is 11.6 Å². The van der Waals surface area contributed by atoms with Gasteiger partial charge in [-0.1, -0.05) is 24.6 Å². The van der Waals surface area contributed by atoms with E-state index in [-0.39, 0.29) is 0 Å². The van der Waals surface area contributed by atoms with Gasteiger partial charge in [0.05, 0.1) is 0 Å². The van der Waals surface area contributed by atoms with Gasteiger partial charge in [0.1, 0.15) is 0 Å². The zero-order valence-corrected chi connectivity index (χ0v) is 8.89. The molecule has 3 heteroatoms. The van der Waals surface area contributed by atoms with Crippen LogP contribution in [-0.2, 0) is 0 Å². The molecule has 1 atom stereocenters. The lowest BCUT2D eigenvalue weighted by molar-refractivity contribution is 0.157. The van der Waals surface area contributed by atoms with Gasteiger partial charge in [-0.2, -0.15) is 0 Å². The molecule has 0 bridgehead atoms. The minimum Gasteiger partial charge on any atom is -0.330 e. The number of likely N-dealkylation sites (tertiary alicyclic amines) is 1. The molecule has 0 aromatic rings. The topological polar surface area (TPSA) is 29.3 Å². The van der Waals surface area contributed by atoms with E-state index in [0.717, 1.165) is 31.1 Å². The Balaban J connectivity index is 2.41. The largest absolute Gasteiger partial charge is 0.330 e. The van der Waals surface area contributed by atoms with E-state index in [9.17, 15) is 0 Å². The van der Waals surface area contributed by atoms with Crippen LogP contribution in [0.2, 0.25) is 0 Å². The Morgan fingerprint density at radius 2 is 2.31 bits per heavy atom. The summed E-state index contributed by atoms with van der Waals surface area (Å²) < 4.78 is 0. The van der Waals surface area contributed by atoms with Crippen LogP contribution in [0.1, 0.15) is 25.7 Å². The van der Waals surface area contributed by atoms with E-state index in [1.165, 1.54) is 19.3 Å². The fourth-order valence-electron chi connectivity index (χ4n) is 2.01. The molecule has 2 N–H and O–H groups in total. The van der Waals surface area contributed by atoms with E-state index in [0.29, 0.717) is 6.04 Å². The third-order valence-corrected chi connectivity index (χ3v) is 2.74. The van der Waals surface area contributed by atoms with Crippen molar-refractivity contribution in [2.75, 3.05) is 19.6 Å². The number of hydrogen-bond donors (Lipinski definition) is 1. The third kappa shape index (κ3) is 3.67. The van der Waals surface area contributed by atoms with Gasteiger partial charge >= 0.3 is 0 Å². The SMILES string of the molecule is C=C(Cl)CN1CCCCC1CCN. The number of rotatable bonds is 4. The van der Waals surface area contributed by atoms with Crippen molar-refractivity contribution in [3.63, 3.8) is 0 Å². The molecule has 1 unspecified atom stereocenters. The van der Waals surface area contributed by atoms with Gasteiger partial charge in [-0.05, 0) is 32.4 Å².